The van der Waals surface area contributed by atoms with Crippen molar-refractivity contribution in [3.8, 4) is 0 Å². The van der Waals surface area contributed by atoms with Gasteiger partial charge < -0.3 is 0 Å². The molecule has 0 aliphatic heterocycles. The minimum atomic E-state index is 0.983. The summed E-state index contributed by atoms with van der Waals surface area (Å²) in [6.45, 7) is 0. The lowest BCUT2D eigenvalue weighted by Crippen LogP contribution is -1.77. The maximum Gasteiger partial charge on any atom is 0.0629 e. The van der Waals surface area contributed by atoms with Gasteiger partial charge in [-0.15, -0.1) is 0 Å². The number of hydrogen-bond acceptors (Lipinski definition) is 2. The molecule has 2 heteroatoms. The smallest absolute Gasteiger partial charge is 0.0629 e. The molecule has 0 saturated carbocycles. The molecular formula is C17H15NS. The fourth-order valence-corrected chi connectivity index (χ4v) is 1.88. The molecule has 0 amide bonds. The molecule has 0 aliphatic rings. The first-order valence-electron chi connectivity index (χ1n) is 6.06. The van der Waals surface area contributed by atoms with Gasteiger partial charge >= 0.3 is 0 Å². The predicted molar refractivity (Wildman–Crippen MR) is 84.5 cm³/mol. The molecule has 1 nitrogen and oxygen atoms in total. The highest BCUT2D eigenvalue weighted by Crippen LogP contribution is 2.09. The highest BCUT2D eigenvalue weighted by molar-refractivity contribution is 7.07. The normalized spacial score (nSPS) is 9.89. The Morgan fingerprint density at radius 2 is 1.26 bits per heavy atom. The van der Waals surface area contributed by atoms with Crippen LogP contribution < -0.4 is 0 Å². The molecule has 0 fully saturated rings. The fourth-order valence-electron chi connectivity index (χ4n) is 1.43. The average Bonchev–Trinajstić information content (AvgIpc) is 3.07. The van der Waals surface area contributed by atoms with Crippen molar-refractivity contribution in [1.29, 1.82) is 0 Å². The van der Waals surface area contributed by atoms with Crippen LogP contribution in [0, 0.1) is 0 Å². The van der Waals surface area contributed by atoms with Crippen molar-refractivity contribution in [2.24, 2.45) is 4.99 Å². The second kappa shape index (κ2) is 8.01. The first-order valence-corrected chi connectivity index (χ1v) is 7.01. The van der Waals surface area contributed by atoms with Crippen LogP contribution in [0.4, 0.5) is 5.69 Å². The third kappa shape index (κ3) is 5.32. The summed E-state index contributed by atoms with van der Waals surface area (Å²) in [5, 5.41) is 4.08. The number of para-hydroxylation sites is 1. The summed E-state index contributed by atoms with van der Waals surface area (Å²) in [6.07, 6.45) is 1.87. The van der Waals surface area contributed by atoms with Crippen LogP contribution in [0.1, 0.15) is 5.56 Å². The molecule has 0 radical (unpaired) electrons. The van der Waals surface area contributed by atoms with E-state index in [-0.39, 0.29) is 0 Å². The Morgan fingerprint density at radius 1 is 0.684 bits per heavy atom. The van der Waals surface area contributed by atoms with E-state index in [4.69, 9.17) is 0 Å². The van der Waals surface area contributed by atoms with E-state index in [1.807, 2.05) is 89.8 Å². The second-order valence-electron chi connectivity index (χ2n) is 3.80. The summed E-state index contributed by atoms with van der Waals surface area (Å²) in [5.41, 5.74) is 2.10. The zero-order valence-corrected chi connectivity index (χ0v) is 11.3. The van der Waals surface area contributed by atoms with Gasteiger partial charge in [0.15, 0.2) is 0 Å². The van der Waals surface area contributed by atoms with Crippen molar-refractivity contribution >= 4 is 23.2 Å². The number of hydrogen-bond donors (Lipinski definition) is 0. The van der Waals surface area contributed by atoms with E-state index in [1.165, 1.54) is 0 Å². The summed E-state index contributed by atoms with van der Waals surface area (Å²) < 4.78 is 0. The molecule has 3 aromatic rings. The molecule has 94 valence electrons. The summed E-state index contributed by atoms with van der Waals surface area (Å²) in [6, 6.07) is 24.0. The van der Waals surface area contributed by atoms with Crippen molar-refractivity contribution < 1.29 is 0 Å². The van der Waals surface area contributed by atoms with Gasteiger partial charge in [-0.05, 0) is 28.5 Å². The highest BCUT2D eigenvalue weighted by Gasteiger charge is 1.85. The van der Waals surface area contributed by atoms with E-state index in [1.54, 1.807) is 11.3 Å². The van der Waals surface area contributed by atoms with E-state index in [2.05, 4.69) is 4.99 Å². The standard InChI is InChI=1S/C13H11N.C4H4S/c1-3-7-12(8-4-1)11-14-13-9-5-2-6-10-13;1-2-4-5-3-1/h1-11H;1-4H/b14-11+;. The number of thiophene rings is 1. The molecule has 0 aliphatic carbocycles. The summed E-state index contributed by atoms with van der Waals surface area (Å²) in [7, 11) is 0. The molecule has 0 N–H and O–H groups in total. The minimum absolute atomic E-state index is 0.983. The van der Waals surface area contributed by atoms with Gasteiger partial charge in [0.1, 0.15) is 0 Å². The summed E-state index contributed by atoms with van der Waals surface area (Å²) >= 11 is 1.71. The van der Waals surface area contributed by atoms with E-state index < -0.39 is 0 Å². The zero-order valence-electron chi connectivity index (χ0n) is 10.5. The third-order valence-corrected chi connectivity index (χ3v) is 2.97. The molecule has 0 unspecified atom stereocenters. The van der Waals surface area contributed by atoms with Gasteiger partial charge in [-0.2, -0.15) is 11.3 Å². The largest absolute Gasteiger partial charge is 0.256 e. The van der Waals surface area contributed by atoms with Crippen LogP contribution in [-0.2, 0) is 0 Å². The van der Waals surface area contributed by atoms with Crippen LogP contribution in [-0.4, -0.2) is 6.21 Å². The van der Waals surface area contributed by atoms with Crippen LogP contribution >= 0.6 is 11.3 Å². The third-order valence-electron chi connectivity index (χ3n) is 2.34. The lowest BCUT2D eigenvalue weighted by molar-refractivity contribution is 1.53. The highest BCUT2D eigenvalue weighted by atomic mass is 32.1. The molecule has 0 bridgehead atoms. The number of nitrogens with zero attached hydrogens (tertiary/aromatic N) is 1. The molecule has 0 saturated heterocycles. The van der Waals surface area contributed by atoms with Gasteiger partial charge in [0.05, 0.1) is 5.69 Å². The number of benzene rings is 2. The molecular weight excluding hydrogens is 250 g/mol. The van der Waals surface area contributed by atoms with E-state index >= 15 is 0 Å². The molecule has 0 atom stereocenters. The molecule has 2 aromatic carbocycles. The number of rotatable bonds is 2. The van der Waals surface area contributed by atoms with Crippen molar-refractivity contribution in [3.63, 3.8) is 0 Å². The molecule has 19 heavy (non-hydrogen) atoms. The molecule has 1 aromatic heterocycles. The Morgan fingerprint density at radius 3 is 1.79 bits per heavy atom. The minimum Gasteiger partial charge on any atom is -0.256 e. The van der Waals surface area contributed by atoms with Crippen molar-refractivity contribution in [3.05, 3.63) is 89.1 Å². The lowest BCUT2D eigenvalue weighted by atomic mass is 10.2. The first kappa shape index (κ1) is 13.2. The van der Waals surface area contributed by atoms with Gasteiger partial charge in [-0.1, -0.05) is 60.7 Å². The van der Waals surface area contributed by atoms with Crippen molar-refractivity contribution in [1.82, 2.24) is 0 Å². The fraction of sp³-hybridized carbons (Fsp3) is 0. The maximum absolute atomic E-state index is 4.35. The molecule has 0 spiro atoms. The van der Waals surface area contributed by atoms with Crippen LogP contribution in [0.5, 0.6) is 0 Å². The zero-order chi connectivity index (χ0) is 13.2. The SMILES string of the molecule is C(=N\c1ccccc1)/c1ccccc1.c1ccsc1. The molecule has 3 rings (SSSR count). The number of aliphatic imine (C=N–C) groups is 1. The average molecular weight is 265 g/mol. The predicted octanol–water partition coefficient (Wildman–Crippen LogP) is 5.19. The Hall–Kier alpha value is -2.19. The molecule has 1 heterocycles. The lowest BCUT2D eigenvalue weighted by Gasteiger charge is -1.92. The van der Waals surface area contributed by atoms with Gasteiger partial charge in [0.25, 0.3) is 0 Å². The van der Waals surface area contributed by atoms with Gasteiger partial charge in [0.2, 0.25) is 0 Å². The first-order chi connectivity index (χ1) is 9.45. The van der Waals surface area contributed by atoms with Crippen molar-refractivity contribution in [2.45, 2.75) is 0 Å². The van der Waals surface area contributed by atoms with E-state index in [0.29, 0.717) is 0 Å². The van der Waals surface area contributed by atoms with Crippen LogP contribution in [0.2, 0.25) is 0 Å². The quantitative estimate of drug-likeness (QED) is 0.566. The Kier molecular flexibility index (Phi) is 5.58. The Balaban J connectivity index is 0.000000224. The van der Waals surface area contributed by atoms with E-state index in [0.717, 1.165) is 11.3 Å². The van der Waals surface area contributed by atoms with Crippen LogP contribution in [0.15, 0.2) is 88.5 Å². The van der Waals surface area contributed by atoms with Gasteiger partial charge in [-0.3, -0.25) is 4.99 Å². The Labute approximate surface area is 117 Å². The van der Waals surface area contributed by atoms with Crippen molar-refractivity contribution in [2.75, 3.05) is 0 Å². The topological polar surface area (TPSA) is 12.4 Å². The summed E-state index contributed by atoms with van der Waals surface area (Å²) in [4.78, 5) is 4.35. The Bertz CT molecular complexity index is 512. The second-order valence-corrected chi connectivity index (χ2v) is 4.61. The summed E-state index contributed by atoms with van der Waals surface area (Å²) in [5.74, 6) is 0. The monoisotopic (exact) mass is 265 g/mol. The van der Waals surface area contributed by atoms with E-state index in [9.17, 15) is 0 Å². The van der Waals surface area contributed by atoms with Gasteiger partial charge in [-0.25, -0.2) is 0 Å². The maximum atomic E-state index is 4.35. The van der Waals surface area contributed by atoms with Gasteiger partial charge in [0, 0.05) is 6.21 Å². The van der Waals surface area contributed by atoms with Crippen LogP contribution in [0.25, 0.3) is 0 Å². The van der Waals surface area contributed by atoms with Crippen LogP contribution in [0.3, 0.4) is 0 Å².